The Labute approximate surface area is 340 Å². The van der Waals surface area contributed by atoms with Crippen LogP contribution in [0.4, 0.5) is 0 Å². The van der Waals surface area contributed by atoms with Crippen molar-refractivity contribution in [1.82, 2.24) is 0 Å². The SMILES string of the molecule is COc1cc(OC)cc(C(=O)OCCC[C@@H](Cc2cc(OC)c(OC)c(OC)c2)[C@@H](COC(=O)c2cc(OC)cc(OC)c2)Cc2cc(OC)c(OC)c(OC)c2)c1. The van der Waals surface area contributed by atoms with E-state index in [1.54, 1.807) is 79.1 Å². The van der Waals surface area contributed by atoms with Gasteiger partial charge in [-0.1, -0.05) is 0 Å². The van der Waals surface area contributed by atoms with Crippen LogP contribution < -0.4 is 47.4 Å². The highest BCUT2D eigenvalue weighted by molar-refractivity contribution is 5.91. The van der Waals surface area contributed by atoms with E-state index in [1.165, 1.54) is 28.4 Å². The van der Waals surface area contributed by atoms with Gasteiger partial charge in [0.1, 0.15) is 23.0 Å². The molecule has 0 bridgehead atoms. The van der Waals surface area contributed by atoms with Crippen molar-refractivity contribution in [2.24, 2.45) is 11.8 Å². The molecule has 0 aliphatic carbocycles. The molecular formula is C44H54O14. The molecule has 0 unspecified atom stereocenters. The predicted molar refractivity (Wildman–Crippen MR) is 215 cm³/mol. The van der Waals surface area contributed by atoms with Crippen molar-refractivity contribution in [3.8, 4) is 57.5 Å². The van der Waals surface area contributed by atoms with Gasteiger partial charge in [0, 0.05) is 18.1 Å². The highest BCUT2D eigenvalue weighted by Crippen LogP contribution is 2.42. The van der Waals surface area contributed by atoms with Crippen LogP contribution in [0, 0.1) is 11.8 Å². The largest absolute Gasteiger partial charge is 0.497 e. The molecule has 314 valence electrons. The lowest BCUT2D eigenvalue weighted by molar-refractivity contribution is 0.0361. The van der Waals surface area contributed by atoms with Gasteiger partial charge in [-0.25, -0.2) is 9.59 Å². The van der Waals surface area contributed by atoms with Crippen molar-refractivity contribution >= 4 is 11.9 Å². The lowest BCUT2D eigenvalue weighted by Crippen LogP contribution is -2.27. The fraction of sp³-hybridized carbons (Fsp3) is 0.409. The van der Waals surface area contributed by atoms with Gasteiger partial charge < -0.3 is 56.8 Å². The van der Waals surface area contributed by atoms with Gasteiger partial charge in [0.2, 0.25) is 11.5 Å². The van der Waals surface area contributed by atoms with Gasteiger partial charge in [-0.05, 0) is 91.3 Å². The number of ether oxygens (including phenoxy) is 12. The van der Waals surface area contributed by atoms with Gasteiger partial charge in [0.15, 0.2) is 23.0 Å². The van der Waals surface area contributed by atoms with E-state index in [2.05, 4.69) is 0 Å². The van der Waals surface area contributed by atoms with Crippen molar-refractivity contribution in [2.75, 3.05) is 84.3 Å². The fourth-order valence-corrected chi connectivity index (χ4v) is 6.69. The lowest BCUT2D eigenvalue weighted by atomic mass is 9.80. The summed E-state index contributed by atoms with van der Waals surface area (Å²) >= 11 is 0. The molecule has 2 atom stereocenters. The minimum atomic E-state index is -0.554. The summed E-state index contributed by atoms with van der Waals surface area (Å²) in [5, 5.41) is 0. The summed E-state index contributed by atoms with van der Waals surface area (Å²) in [5.74, 6) is 3.17. The maximum atomic E-state index is 13.7. The summed E-state index contributed by atoms with van der Waals surface area (Å²) in [4.78, 5) is 26.9. The van der Waals surface area contributed by atoms with Gasteiger partial charge in [-0.2, -0.15) is 0 Å². The number of carbonyl (C=O) groups excluding carboxylic acids is 2. The molecule has 58 heavy (non-hydrogen) atoms. The molecular weight excluding hydrogens is 752 g/mol. The van der Waals surface area contributed by atoms with E-state index in [1.807, 2.05) is 24.3 Å². The van der Waals surface area contributed by atoms with E-state index < -0.39 is 11.9 Å². The predicted octanol–water partition coefficient (Wildman–Crippen LogP) is 7.28. The summed E-state index contributed by atoms with van der Waals surface area (Å²) in [6, 6.07) is 17.3. The van der Waals surface area contributed by atoms with Crippen LogP contribution in [0.15, 0.2) is 60.7 Å². The molecule has 0 saturated heterocycles. The first-order chi connectivity index (χ1) is 28.1. The molecule has 0 amide bonds. The second-order valence-electron chi connectivity index (χ2n) is 13.1. The Morgan fingerprint density at radius 1 is 0.431 bits per heavy atom. The zero-order valence-electron chi connectivity index (χ0n) is 34.9. The van der Waals surface area contributed by atoms with Crippen LogP contribution in [0.3, 0.4) is 0 Å². The van der Waals surface area contributed by atoms with Crippen molar-refractivity contribution in [2.45, 2.75) is 25.7 Å². The van der Waals surface area contributed by atoms with Crippen LogP contribution in [-0.4, -0.2) is 96.3 Å². The second kappa shape index (κ2) is 21.9. The molecule has 0 aromatic heterocycles. The summed E-state index contributed by atoms with van der Waals surface area (Å²) in [6.45, 7) is 0.137. The molecule has 14 nitrogen and oxygen atoms in total. The van der Waals surface area contributed by atoms with Gasteiger partial charge >= 0.3 is 11.9 Å². The van der Waals surface area contributed by atoms with Crippen LogP contribution in [0.2, 0.25) is 0 Å². The normalized spacial score (nSPS) is 11.7. The van der Waals surface area contributed by atoms with Gasteiger partial charge in [0.25, 0.3) is 0 Å². The standard InChI is InChI=1S/C44H54O14/c1-47-33-20-30(21-34(24-33)48-2)43(45)57-13-11-12-29(14-27-16-37(51-5)41(55-9)38(17-27)52-6)32(15-28-18-39(53-7)42(56-10)40(19-28)54-8)26-58-44(46)31-22-35(49-3)25-36(23-31)50-4/h16-25,29,32H,11-15,26H2,1-10H3/t29-,32+/m0/s1. The number of rotatable bonds is 23. The Morgan fingerprint density at radius 3 is 1.14 bits per heavy atom. The molecule has 0 spiro atoms. The first-order valence-corrected chi connectivity index (χ1v) is 18.5. The Hall–Kier alpha value is -6.18. The zero-order chi connectivity index (χ0) is 42.2. The maximum Gasteiger partial charge on any atom is 0.338 e. The molecule has 4 aromatic carbocycles. The first-order valence-electron chi connectivity index (χ1n) is 18.5. The Morgan fingerprint density at radius 2 is 0.793 bits per heavy atom. The van der Waals surface area contributed by atoms with Crippen molar-refractivity contribution in [1.29, 1.82) is 0 Å². The minimum Gasteiger partial charge on any atom is -0.497 e. The smallest absolute Gasteiger partial charge is 0.338 e. The molecule has 0 aliphatic rings. The molecule has 0 heterocycles. The Balaban J connectivity index is 1.73. The third-order valence-corrected chi connectivity index (χ3v) is 9.67. The number of carbonyl (C=O) groups is 2. The van der Waals surface area contributed by atoms with Gasteiger partial charge in [-0.15, -0.1) is 0 Å². The van der Waals surface area contributed by atoms with E-state index in [0.717, 1.165) is 11.1 Å². The summed E-state index contributed by atoms with van der Waals surface area (Å²) < 4.78 is 67.2. The fourth-order valence-electron chi connectivity index (χ4n) is 6.69. The van der Waals surface area contributed by atoms with Crippen molar-refractivity contribution in [3.05, 3.63) is 82.9 Å². The monoisotopic (exact) mass is 806 g/mol. The van der Waals surface area contributed by atoms with E-state index in [0.29, 0.717) is 88.7 Å². The number of hydrogen-bond donors (Lipinski definition) is 0. The van der Waals surface area contributed by atoms with Gasteiger partial charge in [0.05, 0.1) is 95.4 Å². The zero-order valence-corrected chi connectivity index (χ0v) is 34.9. The number of esters is 2. The van der Waals surface area contributed by atoms with E-state index in [4.69, 9.17) is 56.8 Å². The molecule has 0 fully saturated rings. The Bertz CT molecular complexity index is 1880. The van der Waals surface area contributed by atoms with Crippen molar-refractivity contribution in [3.63, 3.8) is 0 Å². The highest BCUT2D eigenvalue weighted by Gasteiger charge is 2.28. The molecule has 4 rings (SSSR count). The molecule has 0 saturated carbocycles. The number of benzene rings is 4. The van der Waals surface area contributed by atoms with Crippen LogP contribution in [0.25, 0.3) is 0 Å². The first kappa shape index (κ1) is 44.5. The summed E-state index contributed by atoms with van der Waals surface area (Å²) in [6.07, 6.45) is 1.97. The van der Waals surface area contributed by atoms with E-state index in [-0.39, 0.29) is 30.6 Å². The Kier molecular flexibility index (Phi) is 16.8. The van der Waals surface area contributed by atoms with Crippen LogP contribution in [0.1, 0.15) is 44.7 Å². The third-order valence-electron chi connectivity index (χ3n) is 9.67. The second-order valence-corrected chi connectivity index (χ2v) is 13.1. The number of hydrogen-bond acceptors (Lipinski definition) is 14. The molecule has 4 aromatic rings. The maximum absolute atomic E-state index is 13.7. The van der Waals surface area contributed by atoms with Crippen molar-refractivity contribution < 1.29 is 66.4 Å². The topological polar surface area (TPSA) is 145 Å². The summed E-state index contributed by atoms with van der Waals surface area (Å²) in [5.41, 5.74) is 2.31. The third kappa shape index (κ3) is 11.5. The number of methoxy groups -OCH3 is 10. The van der Waals surface area contributed by atoms with Gasteiger partial charge in [-0.3, -0.25) is 0 Å². The minimum absolute atomic E-state index is 0.0213. The van der Waals surface area contributed by atoms with Crippen LogP contribution in [0.5, 0.6) is 57.5 Å². The molecule has 14 heteroatoms. The quantitative estimate of drug-likeness (QED) is 0.0547. The lowest BCUT2D eigenvalue weighted by Gasteiger charge is -2.28. The van der Waals surface area contributed by atoms with E-state index >= 15 is 0 Å². The average Bonchev–Trinajstić information content (AvgIpc) is 3.26. The van der Waals surface area contributed by atoms with Crippen LogP contribution >= 0.6 is 0 Å². The molecule has 0 radical (unpaired) electrons. The van der Waals surface area contributed by atoms with E-state index in [9.17, 15) is 9.59 Å². The highest BCUT2D eigenvalue weighted by atomic mass is 16.5. The average molecular weight is 807 g/mol. The molecule has 0 aliphatic heterocycles. The summed E-state index contributed by atoms with van der Waals surface area (Å²) in [7, 11) is 15.4. The van der Waals surface area contributed by atoms with Crippen LogP contribution in [-0.2, 0) is 22.3 Å². The molecule has 0 N–H and O–H groups in total.